The molecule has 0 aromatic carbocycles. The second-order valence-electron chi connectivity index (χ2n) is 17.0. The maximum Gasteiger partial charge on any atom is 0.472 e. The number of rotatable bonds is 40. The molecule has 8 atom stereocenters. The lowest BCUT2D eigenvalue weighted by Crippen LogP contribution is -2.64. The van der Waals surface area contributed by atoms with Gasteiger partial charge in [-0.1, -0.05) is 151 Å². The molecule has 3 unspecified atom stereocenters. The fourth-order valence-electron chi connectivity index (χ4n) is 6.98. The van der Waals surface area contributed by atoms with E-state index in [2.05, 4.69) is 62.5 Å². The van der Waals surface area contributed by atoms with Gasteiger partial charge in [0.25, 0.3) is 0 Å². The minimum Gasteiger partial charge on any atom is -0.462 e. The van der Waals surface area contributed by atoms with Crippen LogP contribution in [0.1, 0.15) is 174 Å². The van der Waals surface area contributed by atoms with Gasteiger partial charge in [-0.05, 0) is 76.7 Å². The summed E-state index contributed by atoms with van der Waals surface area (Å²) in [4.78, 5) is 48.1. The molecular weight excluding hydrogens is 868 g/mol. The predicted molar refractivity (Wildman–Crippen MR) is 258 cm³/mol. The summed E-state index contributed by atoms with van der Waals surface area (Å²) < 4.78 is 33.4. The Morgan fingerprint density at radius 1 is 0.515 bits per heavy atom. The van der Waals surface area contributed by atoms with E-state index in [1.165, 1.54) is 70.3 Å². The molecule has 6 N–H and O–H groups in total. The summed E-state index contributed by atoms with van der Waals surface area (Å²) in [7, 11) is -5.18. The average Bonchev–Trinajstić information content (AvgIpc) is 3.29. The highest BCUT2D eigenvalue weighted by Crippen LogP contribution is 2.47. The highest BCUT2D eigenvalue weighted by atomic mass is 31.2. The fraction of sp³-hybridized carbons (Fsp3) is 0.706. The summed E-state index contributed by atoms with van der Waals surface area (Å²) in [5.41, 5.74) is 0. The summed E-state index contributed by atoms with van der Waals surface area (Å²) >= 11 is 0. The zero-order valence-electron chi connectivity index (χ0n) is 40.0. The Bertz CT molecular complexity index is 1490. The van der Waals surface area contributed by atoms with Crippen molar-refractivity contribution >= 4 is 25.5 Å². The lowest BCUT2D eigenvalue weighted by atomic mass is 9.85. The van der Waals surface area contributed by atoms with Crippen molar-refractivity contribution in [3.8, 4) is 0 Å². The van der Waals surface area contributed by atoms with E-state index in [1.807, 2.05) is 6.08 Å². The van der Waals surface area contributed by atoms with Gasteiger partial charge in [0, 0.05) is 19.3 Å². The van der Waals surface area contributed by atoms with Gasteiger partial charge in [-0.25, -0.2) is 4.57 Å². The van der Waals surface area contributed by atoms with Gasteiger partial charge in [0.1, 0.15) is 43.2 Å². The normalized spacial score (nSPS) is 21.8. The van der Waals surface area contributed by atoms with Crippen LogP contribution in [-0.4, -0.2) is 104 Å². The van der Waals surface area contributed by atoms with E-state index in [4.69, 9.17) is 18.5 Å². The van der Waals surface area contributed by atoms with Gasteiger partial charge in [-0.2, -0.15) is 0 Å². The van der Waals surface area contributed by atoms with Gasteiger partial charge in [-0.15, -0.1) is 0 Å². The van der Waals surface area contributed by atoms with Crippen LogP contribution in [-0.2, 0) is 37.5 Å². The zero-order valence-corrected chi connectivity index (χ0v) is 40.9. The second kappa shape index (κ2) is 39.9. The molecule has 378 valence electrons. The number of phosphoric ester groups is 1. The van der Waals surface area contributed by atoms with Crippen LogP contribution in [0.15, 0.2) is 72.9 Å². The Morgan fingerprint density at radius 2 is 0.970 bits per heavy atom. The third kappa shape index (κ3) is 31.8. The van der Waals surface area contributed by atoms with Gasteiger partial charge >= 0.3 is 19.8 Å². The highest BCUT2D eigenvalue weighted by Gasteiger charge is 2.51. The van der Waals surface area contributed by atoms with Crippen LogP contribution in [0.3, 0.4) is 0 Å². The lowest BCUT2D eigenvalue weighted by Gasteiger charge is -2.41. The maximum absolute atomic E-state index is 12.8. The molecule has 0 saturated heterocycles. The number of phosphoric acid groups is 1. The molecule has 1 aliphatic carbocycles. The summed E-state index contributed by atoms with van der Waals surface area (Å²) in [5.74, 6) is -1.54. The van der Waals surface area contributed by atoms with Crippen LogP contribution in [0.25, 0.3) is 0 Å². The van der Waals surface area contributed by atoms with Crippen LogP contribution in [0.2, 0.25) is 0 Å². The van der Waals surface area contributed by atoms with Crippen molar-refractivity contribution in [1.29, 1.82) is 0 Å². The number of carbonyl (C=O) groups is 3. The molecule has 1 rings (SSSR count). The fourth-order valence-corrected chi connectivity index (χ4v) is 7.95. The van der Waals surface area contributed by atoms with Crippen LogP contribution in [0.4, 0.5) is 0 Å². The molecule has 0 aliphatic heterocycles. The number of ether oxygens (including phenoxy) is 2. The molecule has 1 fully saturated rings. The van der Waals surface area contributed by atoms with E-state index in [0.717, 1.165) is 64.2 Å². The van der Waals surface area contributed by atoms with Crippen LogP contribution in [0.5, 0.6) is 0 Å². The average molecular weight is 953 g/mol. The molecule has 0 heterocycles. The molecule has 1 aliphatic rings. The van der Waals surface area contributed by atoms with E-state index in [1.54, 1.807) is 12.2 Å². The number of aliphatic hydroxyl groups excluding tert-OH is 5. The number of aliphatic hydroxyl groups is 5. The molecule has 0 radical (unpaired) electrons. The Balaban J connectivity index is 2.51. The molecule has 14 nitrogen and oxygen atoms in total. The van der Waals surface area contributed by atoms with Crippen molar-refractivity contribution in [2.75, 3.05) is 13.2 Å². The van der Waals surface area contributed by atoms with Crippen molar-refractivity contribution in [2.24, 2.45) is 0 Å². The topological polar surface area (TPSA) is 227 Å². The summed E-state index contributed by atoms with van der Waals surface area (Å²) in [6.07, 6.45) is 33.7. The smallest absolute Gasteiger partial charge is 0.462 e. The molecule has 0 spiro atoms. The van der Waals surface area contributed by atoms with Crippen LogP contribution in [0, 0.1) is 0 Å². The summed E-state index contributed by atoms with van der Waals surface area (Å²) in [6.45, 7) is 3.04. The van der Waals surface area contributed by atoms with Crippen LogP contribution >= 0.6 is 7.82 Å². The lowest BCUT2D eigenvalue weighted by molar-refractivity contribution is -0.220. The number of esters is 2. The molecule has 0 aromatic heterocycles. The molecule has 0 aromatic rings. The monoisotopic (exact) mass is 953 g/mol. The number of unbranched alkanes of at least 4 members (excludes halogenated alkanes) is 15. The summed E-state index contributed by atoms with van der Waals surface area (Å²) in [5, 5.41) is 50.2. The van der Waals surface area contributed by atoms with Crippen molar-refractivity contribution in [2.45, 2.75) is 217 Å². The van der Waals surface area contributed by atoms with Crippen molar-refractivity contribution in [3.63, 3.8) is 0 Å². The number of carbonyl (C=O) groups excluding carboxylic acids is 3. The summed E-state index contributed by atoms with van der Waals surface area (Å²) in [6, 6.07) is 0. The van der Waals surface area contributed by atoms with Gasteiger partial charge < -0.3 is 39.9 Å². The first-order valence-corrected chi connectivity index (χ1v) is 26.2. The highest BCUT2D eigenvalue weighted by molar-refractivity contribution is 7.47. The Kier molecular flexibility index (Phi) is 36.9. The largest absolute Gasteiger partial charge is 0.472 e. The molecule has 66 heavy (non-hydrogen) atoms. The quantitative estimate of drug-likeness (QED) is 0.00840. The van der Waals surface area contributed by atoms with Gasteiger partial charge in [0.2, 0.25) is 0 Å². The zero-order chi connectivity index (χ0) is 48.7. The number of ketones is 1. The van der Waals surface area contributed by atoms with Gasteiger partial charge in [0.05, 0.1) is 6.61 Å². The number of allylic oxidation sites excluding steroid dienone is 12. The van der Waals surface area contributed by atoms with E-state index < -0.39 is 75.7 Å². The third-order valence-electron chi connectivity index (χ3n) is 11.0. The molecular formula is C51H85O14P. The van der Waals surface area contributed by atoms with Crippen molar-refractivity contribution in [1.82, 2.24) is 0 Å². The van der Waals surface area contributed by atoms with Gasteiger partial charge in [0.15, 0.2) is 11.9 Å². The van der Waals surface area contributed by atoms with Crippen molar-refractivity contribution < 1.29 is 67.9 Å². The predicted octanol–water partition coefficient (Wildman–Crippen LogP) is 9.46. The maximum atomic E-state index is 12.8. The van der Waals surface area contributed by atoms with E-state index in [9.17, 15) is 49.4 Å². The molecule has 15 heteroatoms. The molecule has 0 amide bonds. The Morgan fingerprint density at radius 3 is 1.52 bits per heavy atom. The number of hydrogen-bond donors (Lipinski definition) is 6. The first-order valence-electron chi connectivity index (χ1n) is 24.7. The second-order valence-corrected chi connectivity index (χ2v) is 18.4. The first kappa shape index (κ1) is 61.0. The van der Waals surface area contributed by atoms with E-state index in [-0.39, 0.29) is 31.5 Å². The first-order chi connectivity index (χ1) is 31.8. The Labute approximate surface area is 395 Å². The van der Waals surface area contributed by atoms with E-state index in [0.29, 0.717) is 6.42 Å². The minimum atomic E-state index is -5.18. The minimum absolute atomic E-state index is 0.0385. The van der Waals surface area contributed by atoms with Gasteiger partial charge in [-0.3, -0.25) is 23.4 Å². The van der Waals surface area contributed by atoms with E-state index >= 15 is 0 Å². The number of hydrogen-bond acceptors (Lipinski definition) is 13. The third-order valence-corrected chi connectivity index (χ3v) is 12.0. The SMILES string of the molecule is CCCCC/C=C\C/C=C\C/C=C\C=C\C(=O)CCCC(=O)OC[C@H](COP(=O)(O)OC1[C@H](O)[C@H](O)C(O)[C@H](O)[C@H]1O)OC(=O)CCCCCCCCCCC/C=C\C/C=C\CCCCC. The van der Waals surface area contributed by atoms with Crippen molar-refractivity contribution in [3.05, 3.63) is 72.9 Å². The van der Waals surface area contributed by atoms with Crippen LogP contribution < -0.4 is 0 Å². The molecule has 1 saturated carbocycles. The Hall–Kier alpha value is -3.04. The molecule has 0 bridgehead atoms. The standard InChI is InChI=1S/C51H85O14P/c1-3-5-7-9-11-13-15-17-18-19-20-21-22-24-26-28-30-32-34-38-45(54)64-43(41-63-66(60,61)65-51-49(58)47(56)46(55)48(57)50(51)59)40-62-44(53)39-35-37-42(52)36-33-31-29-27-25-23-16-14-12-10-8-6-4-2/h11-14,17-18,23,25,29,31,33,36,43,46-51,55-59H,3-10,15-16,19-22,24,26-28,30,32,34-35,37-41H2,1-2H3,(H,60,61)/b13-11-,14-12-,18-17-,25-23-,31-29-,36-33+/t43-,46?,47-,48+,49-,50-,51?/m1/s1.